The second kappa shape index (κ2) is 15.0. The number of ether oxygens (including phenoxy) is 1. The number of hydrogen-bond acceptors (Lipinski definition) is 5. The fourth-order valence-corrected chi connectivity index (χ4v) is 6.43. The zero-order valence-electron chi connectivity index (χ0n) is 24.9. The number of halogens is 1. The molecule has 0 bridgehead atoms. The molecule has 1 N–H and O–H groups in total. The van der Waals surface area contributed by atoms with Crippen LogP contribution in [0.3, 0.4) is 0 Å². The van der Waals surface area contributed by atoms with E-state index < -0.39 is 28.5 Å². The lowest BCUT2D eigenvalue weighted by atomic mass is 10.0. The lowest BCUT2D eigenvalue weighted by Crippen LogP contribution is -2.54. The van der Waals surface area contributed by atoms with Gasteiger partial charge >= 0.3 is 0 Å². The Balaban J connectivity index is 1.81. The number of carbonyl (C=O) groups is 2. The topological polar surface area (TPSA) is 96.0 Å². The summed E-state index contributed by atoms with van der Waals surface area (Å²) in [6.07, 6.45) is 0.242. The van der Waals surface area contributed by atoms with Gasteiger partial charge in [-0.25, -0.2) is 8.42 Å². The molecule has 1 atom stereocenters. The fraction of sp³-hybridized carbons (Fsp3) is 0.235. The van der Waals surface area contributed by atoms with Crippen LogP contribution in [-0.2, 0) is 32.6 Å². The van der Waals surface area contributed by atoms with E-state index in [1.54, 1.807) is 42.5 Å². The van der Waals surface area contributed by atoms with Crippen LogP contribution >= 0.6 is 15.9 Å². The Kier molecular flexibility index (Phi) is 11.2. The first-order valence-electron chi connectivity index (χ1n) is 14.2. The summed E-state index contributed by atoms with van der Waals surface area (Å²) in [5.41, 5.74) is 1.92. The number of sulfonamides is 1. The largest absolute Gasteiger partial charge is 0.497 e. The van der Waals surface area contributed by atoms with Gasteiger partial charge in [0, 0.05) is 29.5 Å². The molecule has 4 aromatic rings. The van der Waals surface area contributed by atoms with Crippen molar-refractivity contribution in [3.05, 3.63) is 125 Å². The lowest BCUT2D eigenvalue weighted by molar-refractivity contribution is -0.140. The summed E-state index contributed by atoms with van der Waals surface area (Å²) < 4.78 is 35.4. The third kappa shape index (κ3) is 8.48. The Morgan fingerprint density at radius 2 is 1.48 bits per heavy atom. The van der Waals surface area contributed by atoms with Gasteiger partial charge in [-0.3, -0.25) is 13.9 Å². The molecule has 0 aromatic heterocycles. The number of benzene rings is 4. The van der Waals surface area contributed by atoms with Crippen LogP contribution in [-0.4, -0.2) is 50.9 Å². The molecule has 0 aliphatic heterocycles. The predicted molar refractivity (Wildman–Crippen MR) is 176 cm³/mol. The molecule has 0 aliphatic carbocycles. The van der Waals surface area contributed by atoms with Crippen molar-refractivity contribution < 1.29 is 22.7 Å². The van der Waals surface area contributed by atoms with Crippen molar-refractivity contribution in [1.29, 1.82) is 0 Å². The van der Waals surface area contributed by atoms with E-state index in [9.17, 15) is 18.0 Å². The molecule has 0 heterocycles. The molecule has 8 nitrogen and oxygen atoms in total. The van der Waals surface area contributed by atoms with E-state index in [2.05, 4.69) is 21.2 Å². The maximum Gasteiger partial charge on any atom is 0.264 e. The molecular weight excluding hydrogens is 642 g/mol. The van der Waals surface area contributed by atoms with Gasteiger partial charge in [0.05, 0.1) is 17.7 Å². The van der Waals surface area contributed by atoms with Crippen LogP contribution in [0, 0.1) is 0 Å². The Morgan fingerprint density at radius 1 is 0.841 bits per heavy atom. The molecule has 44 heavy (non-hydrogen) atoms. The van der Waals surface area contributed by atoms with E-state index in [1.807, 2.05) is 68.4 Å². The highest BCUT2D eigenvalue weighted by Crippen LogP contribution is 2.28. The van der Waals surface area contributed by atoms with Gasteiger partial charge in [0.25, 0.3) is 10.0 Å². The van der Waals surface area contributed by atoms with Gasteiger partial charge in [-0.2, -0.15) is 0 Å². The van der Waals surface area contributed by atoms with Crippen LogP contribution in [0.2, 0.25) is 0 Å². The normalized spacial score (nSPS) is 11.9. The van der Waals surface area contributed by atoms with E-state index in [-0.39, 0.29) is 35.5 Å². The molecular formula is C34H36BrN3O5S. The van der Waals surface area contributed by atoms with Crippen molar-refractivity contribution in [1.82, 2.24) is 10.2 Å². The molecule has 0 spiro atoms. The number of nitrogens with zero attached hydrogens (tertiary/aromatic N) is 2. The number of nitrogens with one attached hydrogen (secondary N) is 1. The first-order chi connectivity index (χ1) is 21.1. The number of anilines is 1. The molecule has 0 aliphatic rings. The molecule has 10 heteroatoms. The third-order valence-electron chi connectivity index (χ3n) is 6.92. The van der Waals surface area contributed by atoms with Crippen LogP contribution in [0.5, 0.6) is 5.75 Å². The molecule has 2 amide bonds. The fourth-order valence-electron chi connectivity index (χ4n) is 4.74. The Labute approximate surface area is 267 Å². The summed E-state index contributed by atoms with van der Waals surface area (Å²) >= 11 is 3.45. The molecule has 0 unspecified atom stereocenters. The second-order valence-electron chi connectivity index (χ2n) is 10.5. The van der Waals surface area contributed by atoms with Crippen LogP contribution in [0.15, 0.2) is 119 Å². The average molecular weight is 679 g/mol. The quantitative estimate of drug-likeness (QED) is 0.193. The Hall–Kier alpha value is -4.15. The summed E-state index contributed by atoms with van der Waals surface area (Å²) in [5.74, 6) is -0.420. The van der Waals surface area contributed by atoms with Crippen molar-refractivity contribution in [2.45, 2.75) is 43.8 Å². The van der Waals surface area contributed by atoms with Crippen molar-refractivity contribution in [3.63, 3.8) is 0 Å². The van der Waals surface area contributed by atoms with Gasteiger partial charge in [0.1, 0.15) is 18.3 Å². The number of methoxy groups -OCH3 is 1. The van der Waals surface area contributed by atoms with Crippen molar-refractivity contribution in [2.24, 2.45) is 0 Å². The summed E-state index contributed by atoms with van der Waals surface area (Å²) in [6, 6.07) is 30.3. The second-order valence-corrected chi connectivity index (χ2v) is 13.3. The number of amides is 2. The van der Waals surface area contributed by atoms with E-state index in [0.717, 1.165) is 19.9 Å². The zero-order chi connectivity index (χ0) is 31.7. The summed E-state index contributed by atoms with van der Waals surface area (Å²) in [4.78, 5) is 29.7. The van der Waals surface area contributed by atoms with E-state index in [0.29, 0.717) is 5.75 Å². The zero-order valence-corrected chi connectivity index (χ0v) is 27.3. The van der Waals surface area contributed by atoms with Gasteiger partial charge in [0.15, 0.2) is 0 Å². The molecule has 0 saturated heterocycles. The highest BCUT2D eigenvalue weighted by Gasteiger charge is 2.35. The highest BCUT2D eigenvalue weighted by atomic mass is 79.9. The number of carbonyl (C=O) groups excluding carboxylic acids is 2. The van der Waals surface area contributed by atoms with E-state index >= 15 is 0 Å². The molecule has 230 valence electrons. The van der Waals surface area contributed by atoms with Crippen LogP contribution in [0.25, 0.3) is 0 Å². The Bertz CT molecular complexity index is 1650. The summed E-state index contributed by atoms with van der Waals surface area (Å²) in [6.45, 7) is 3.26. The highest BCUT2D eigenvalue weighted by molar-refractivity contribution is 9.10. The van der Waals surface area contributed by atoms with E-state index in [4.69, 9.17) is 4.74 Å². The molecule has 0 fully saturated rings. The first kappa shape index (κ1) is 32.8. The summed E-state index contributed by atoms with van der Waals surface area (Å²) in [7, 11) is -2.70. The van der Waals surface area contributed by atoms with Crippen molar-refractivity contribution in [3.8, 4) is 5.75 Å². The predicted octanol–water partition coefficient (Wildman–Crippen LogP) is 5.82. The van der Waals surface area contributed by atoms with Gasteiger partial charge in [-0.05, 0) is 61.4 Å². The monoisotopic (exact) mass is 677 g/mol. The maximum atomic E-state index is 14.5. The van der Waals surface area contributed by atoms with Gasteiger partial charge in [-0.1, -0.05) is 82.7 Å². The standard InChI is InChI=1S/C34H36BrN3O5S/c1-25(2)36-34(40)32(21-26-11-6-4-7-12-26)37(23-27-17-19-28(35)20-18-27)33(39)24-38(29-13-10-14-30(22-29)43-3)44(41,42)31-15-8-5-9-16-31/h4-20,22,25,32H,21,23-24H2,1-3H3,(H,36,40)/t32-/m0/s1. The molecule has 4 rings (SSSR count). The number of hydrogen-bond donors (Lipinski definition) is 1. The summed E-state index contributed by atoms with van der Waals surface area (Å²) in [5, 5.41) is 2.96. The maximum absolute atomic E-state index is 14.5. The first-order valence-corrected chi connectivity index (χ1v) is 16.4. The van der Waals surface area contributed by atoms with Crippen molar-refractivity contribution >= 4 is 43.5 Å². The van der Waals surface area contributed by atoms with Crippen molar-refractivity contribution in [2.75, 3.05) is 18.0 Å². The molecule has 4 aromatic carbocycles. The number of rotatable bonds is 13. The SMILES string of the molecule is COc1cccc(N(CC(=O)N(Cc2ccc(Br)cc2)[C@@H](Cc2ccccc2)C(=O)NC(C)C)S(=O)(=O)c2ccccc2)c1. The van der Waals surface area contributed by atoms with Gasteiger partial charge in [0.2, 0.25) is 11.8 Å². The molecule has 0 radical (unpaired) electrons. The van der Waals surface area contributed by atoms with Gasteiger partial charge < -0.3 is 15.0 Å². The minimum Gasteiger partial charge on any atom is -0.497 e. The van der Waals surface area contributed by atoms with Crippen LogP contribution in [0.1, 0.15) is 25.0 Å². The third-order valence-corrected chi connectivity index (χ3v) is 9.24. The minimum atomic E-state index is -4.19. The lowest BCUT2D eigenvalue weighted by Gasteiger charge is -2.34. The van der Waals surface area contributed by atoms with E-state index in [1.165, 1.54) is 24.1 Å². The van der Waals surface area contributed by atoms with Crippen LogP contribution in [0.4, 0.5) is 5.69 Å². The van der Waals surface area contributed by atoms with Crippen LogP contribution < -0.4 is 14.4 Å². The molecule has 0 saturated carbocycles. The minimum absolute atomic E-state index is 0.0356. The average Bonchev–Trinajstić information content (AvgIpc) is 3.02. The smallest absolute Gasteiger partial charge is 0.264 e. The Morgan fingerprint density at radius 3 is 2.09 bits per heavy atom. The van der Waals surface area contributed by atoms with Gasteiger partial charge in [-0.15, -0.1) is 0 Å².